The van der Waals surface area contributed by atoms with Crippen molar-refractivity contribution in [3.63, 3.8) is 0 Å². The molecule has 0 aliphatic rings. The highest BCUT2D eigenvalue weighted by atomic mass is 16.5. The number of aromatic nitrogens is 2. The maximum Gasteiger partial charge on any atom is 0.319 e. The average molecular weight is 406 g/mol. The van der Waals surface area contributed by atoms with E-state index < -0.39 is 0 Å². The Morgan fingerprint density at radius 3 is 2.40 bits per heavy atom. The van der Waals surface area contributed by atoms with Gasteiger partial charge in [-0.1, -0.05) is 6.07 Å². The SMILES string of the molecule is CCOc1ccc(-c2ccc(OCCNC(=O)Nc3ccc(C)c(C)c3)nn2)cc1. The molecule has 7 nitrogen and oxygen atoms in total. The van der Waals surface area contributed by atoms with E-state index in [0.29, 0.717) is 19.0 Å². The molecule has 3 rings (SSSR count). The number of carbonyl (C=O) groups is 1. The van der Waals surface area contributed by atoms with Crippen LogP contribution in [0.15, 0.2) is 54.6 Å². The third-order valence-corrected chi connectivity index (χ3v) is 4.50. The number of carbonyl (C=O) groups excluding carboxylic acids is 1. The minimum absolute atomic E-state index is 0.279. The standard InChI is InChI=1S/C23H26N4O3/c1-4-29-20-9-6-18(7-10-20)21-11-12-22(27-26-21)30-14-13-24-23(28)25-19-8-5-16(2)17(3)15-19/h5-12,15H,4,13-14H2,1-3H3,(H2,24,25,28). The van der Waals surface area contributed by atoms with Gasteiger partial charge in [-0.25, -0.2) is 4.79 Å². The number of hydrogen-bond acceptors (Lipinski definition) is 5. The number of rotatable bonds is 8. The molecular formula is C23H26N4O3. The Balaban J connectivity index is 1.42. The van der Waals surface area contributed by atoms with Gasteiger partial charge in [-0.3, -0.25) is 0 Å². The smallest absolute Gasteiger partial charge is 0.319 e. The summed E-state index contributed by atoms with van der Waals surface area (Å²) in [6.07, 6.45) is 0. The van der Waals surface area contributed by atoms with Crippen LogP contribution in [0.2, 0.25) is 0 Å². The Kier molecular flexibility index (Phi) is 7.21. The summed E-state index contributed by atoms with van der Waals surface area (Å²) in [4.78, 5) is 12.0. The highest BCUT2D eigenvalue weighted by Gasteiger charge is 2.05. The molecule has 0 aliphatic carbocycles. The van der Waals surface area contributed by atoms with E-state index in [4.69, 9.17) is 9.47 Å². The van der Waals surface area contributed by atoms with Crippen LogP contribution in [-0.2, 0) is 0 Å². The zero-order valence-corrected chi connectivity index (χ0v) is 17.4. The number of nitrogens with zero attached hydrogens (tertiary/aromatic N) is 2. The van der Waals surface area contributed by atoms with E-state index in [1.807, 2.05) is 69.3 Å². The summed E-state index contributed by atoms with van der Waals surface area (Å²) in [5, 5.41) is 13.8. The van der Waals surface area contributed by atoms with Crippen LogP contribution in [0.5, 0.6) is 11.6 Å². The maximum absolute atomic E-state index is 12.0. The van der Waals surface area contributed by atoms with Gasteiger partial charge in [-0.2, -0.15) is 0 Å². The molecule has 2 aromatic carbocycles. The molecule has 2 N–H and O–H groups in total. The van der Waals surface area contributed by atoms with Crippen molar-refractivity contribution >= 4 is 11.7 Å². The van der Waals surface area contributed by atoms with E-state index in [1.54, 1.807) is 6.07 Å². The molecule has 1 aromatic heterocycles. The summed E-state index contributed by atoms with van der Waals surface area (Å²) in [7, 11) is 0. The molecule has 0 saturated carbocycles. The monoisotopic (exact) mass is 406 g/mol. The number of ether oxygens (including phenoxy) is 2. The molecule has 0 spiro atoms. The molecule has 0 radical (unpaired) electrons. The zero-order valence-electron chi connectivity index (χ0n) is 17.4. The van der Waals surface area contributed by atoms with E-state index in [2.05, 4.69) is 20.8 Å². The summed E-state index contributed by atoms with van der Waals surface area (Å²) in [5.41, 5.74) is 4.76. The van der Waals surface area contributed by atoms with Crippen LogP contribution >= 0.6 is 0 Å². The van der Waals surface area contributed by atoms with Gasteiger partial charge in [0.1, 0.15) is 12.4 Å². The molecule has 0 aliphatic heterocycles. The lowest BCUT2D eigenvalue weighted by atomic mass is 10.1. The molecule has 0 atom stereocenters. The molecule has 0 fully saturated rings. The minimum atomic E-state index is -0.279. The van der Waals surface area contributed by atoms with Crippen molar-refractivity contribution in [2.24, 2.45) is 0 Å². The first-order valence-corrected chi connectivity index (χ1v) is 9.87. The topological polar surface area (TPSA) is 85.4 Å². The molecule has 30 heavy (non-hydrogen) atoms. The minimum Gasteiger partial charge on any atom is -0.494 e. The maximum atomic E-state index is 12.0. The van der Waals surface area contributed by atoms with Crippen molar-refractivity contribution in [3.8, 4) is 22.9 Å². The van der Waals surface area contributed by atoms with Gasteiger partial charge in [0.2, 0.25) is 5.88 Å². The highest BCUT2D eigenvalue weighted by Crippen LogP contribution is 2.21. The van der Waals surface area contributed by atoms with Crippen molar-refractivity contribution in [1.82, 2.24) is 15.5 Å². The van der Waals surface area contributed by atoms with Gasteiger partial charge < -0.3 is 20.1 Å². The number of urea groups is 1. The average Bonchev–Trinajstić information content (AvgIpc) is 2.75. The second kappa shape index (κ2) is 10.2. The molecule has 2 amide bonds. The first-order chi connectivity index (χ1) is 14.5. The fraction of sp³-hybridized carbons (Fsp3) is 0.261. The Hall–Kier alpha value is -3.61. The first kappa shape index (κ1) is 21.1. The molecule has 7 heteroatoms. The Morgan fingerprint density at radius 2 is 1.73 bits per heavy atom. The fourth-order valence-electron chi connectivity index (χ4n) is 2.75. The third-order valence-electron chi connectivity index (χ3n) is 4.50. The first-order valence-electron chi connectivity index (χ1n) is 9.87. The van der Waals surface area contributed by atoms with Gasteiger partial charge in [0, 0.05) is 17.3 Å². The zero-order chi connectivity index (χ0) is 21.3. The summed E-state index contributed by atoms with van der Waals surface area (Å²) in [6, 6.07) is 16.8. The van der Waals surface area contributed by atoms with Crippen molar-refractivity contribution in [2.45, 2.75) is 20.8 Å². The number of aryl methyl sites for hydroxylation is 2. The number of benzene rings is 2. The lowest BCUT2D eigenvalue weighted by Gasteiger charge is -2.10. The van der Waals surface area contributed by atoms with E-state index in [-0.39, 0.29) is 12.6 Å². The quantitative estimate of drug-likeness (QED) is 0.543. The summed E-state index contributed by atoms with van der Waals surface area (Å²) >= 11 is 0. The van der Waals surface area contributed by atoms with Gasteiger partial charge in [0.25, 0.3) is 0 Å². The number of amides is 2. The van der Waals surface area contributed by atoms with Crippen LogP contribution in [0.3, 0.4) is 0 Å². The van der Waals surface area contributed by atoms with Crippen LogP contribution in [-0.4, -0.2) is 36.0 Å². The van der Waals surface area contributed by atoms with Crippen molar-refractivity contribution < 1.29 is 14.3 Å². The molecule has 0 bridgehead atoms. The third kappa shape index (κ3) is 5.94. The predicted octanol–water partition coefficient (Wildman–Crippen LogP) is 4.36. The van der Waals surface area contributed by atoms with Gasteiger partial charge >= 0.3 is 6.03 Å². The van der Waals surface area contributed by atoms with E-state index in [0.717, 1.165) is 28.3 Å². The fourth-order valence-corrected chi connectivity index (χ4v) is 2.75. The van der Waals surface area contributed by atoms with Crippen LogP contribution in [0.1, 0.15) is 18.1 Å². The second-order valence-electron chi connectivity index (χ2n) is 6.74. The number of hydrogen-bond donors (Lipinski definition) is 2. The molecule has 1 heterocycles. The summed E-state index contributed by atoms with van der Waals surface area (Å²) in [6.45, 7) is 7.26. The van der Waals surface area contributed by atoms with Crippen LogP contribution in [0, 0.1) is 13.8 Å². The molecule has 0 unspecified atom stereocenters. The largest absolute Gasteiger partial charge is 0.494 e. The summed E-state index contributed by atoms with van der Waals surface area (Å²) < 4.78 is 11.0. The predicted molar refractivity (Wildman–Crippen MR) is 117 cm³/mol. The van der Waals surface area contributed by atoms with Gasteiger partial charge in [-0.15, -0.1) is 10.2 Å². The Labute approximate surface area is 176 Å². The van der Waals surface area contributed by atoms with E-state index in [1.165, 1.54) is 5.56 Å². The van der Waals surface area contributed by atoms with Gasteiger partial charge in [-0.05, 0) is 74.4 Å². The van der Waals surface area contributed by atoms with Gasteiger partial charge in [0.05, 0.1) is 18.8 Å². The molecule has 3 aromatic rings. The molecule has 156 valence electrons. The Morgan fingerprint density at radius 1 is 0.933 bits per heavy atom. The van der Waals surface area contributed by atoms with E-state index >= 15 is 0 Å². The number of nitrogens with one attached hydrogen (secondary N) is 2. The Bertz CT molecular complexity index is 973. The van der Waals surface area contributed by atoms with Crippen LogP contribution in [0.25, 0.3) is 11.3 Å². The molecular weight excluding hydrogens is 380 g/mol. The molecule has 0 saturated heterocycles. The van der Waals surface area contributed by atoms with Crippen LogP contribution < -0.4 is 20.1 Å². The lowest BCUT2D eigenvalue weighted by molar-refractivity contribution is 0.246. The number of anilines is 1. The van der Waals surface area contributed by atoms with Gasteiger partial charge in [0.15, 0.2) is 0 Å². The van der Waals surface area contributed by atoms with Crippen molar-refractivity contribution in [3.05, 3.63) is 65.7 Å². The van der Waals surface area contributed by atoms with Crippen LogP contribution in [0.4, 0.5) is 10.5 Å². The summed E-state index contributed by atoms with van der Waals surface area (Å²) in [5.74, 6) is 1.23. The van der Waals surface area contributed by atoms with Crippen molar-refractivity contribution in [1.29, 1.82) is 0 Å². The van der Waals surface area contributed by atoms with Crippen molar-refractivity contribution in [2.75, 3.05) is 25.1 Å². The lowest BCUT2D eigenvalue weighted by Crippen LogP contribution is -2.32. The normalized spacial score (nSPS) is 10.4. The van der Waals surface area contributed by atoms with E-state index in [9.17, 15) is 4.79 Å². The second-order valence-corrected chi connectivity index (χ2v) is 6.74. The highest BCUT2D eigenvalue weighted by molar-refractivity contribution is 5.89.